The molecule has 3 N–H and O–H groups in total. The summed E-state index contributed by atoms with van der Waals surface area (Å²) in [5.41, 5.74) is 0. The fourth-order valence-corrected chi connectivity index (χ4v) is 5.42. The van der Waals surface area contributed by atoms with Gasteiger partial charge in [-0.1, -0.05) is 170 Å². The van der Waals surface area contributed by atoms with Gasteiger partial charge in [0.05, 0.1) is 18.8 Å². The van der Waals surface area contributed by atoms with Gasteiger partial charge in [0, 0.05) is 6.42 Å². The summed E-state index contributed by atoms with van der Waals surface area (Å²) >= 11 is 0. The first kappa shape index (κ1) is 44.8. The van der Waals surface area contributed by atoms with Crippen LogP contribution >= 0.6 is 0 Å². The molecule has 0 aliphatic carbocycles. The largest absolute Gasteiger partial charge is 0.394 e. The summed E-state index contributed by atoms with van der Waals surface area (Å²) in [5.74, 6) is -0.0839. The summed E-state index contributed by atoms with van der Waals surface area (Å²) in [6.45, 7) is 4.15. The van der Waals surface area contributed by atoms with E-state index in [2.05, 4.69) is 79.9 Å². The topological polar surface area (TPSA) is 69.6 Å². The van der Waals surface area contributed by atoms with E-state index in [9.17, 15) is 15.0 Å². The Kier molecular flexibility index (Phi) is 36.5. The molecule has 1 amide bonds. The number of rotatable bonds is 34. The van der Waals surface area contributed by atoms with Crippen molar-refractivity contribution in [3.63, 3.8) is 0 Å². The Balaban J connectivity index is 3.64. The SMILES string of the molecule is CC/C=C\C/C=C\C/C=C\C/C=C\CCCCCCCCCCCCC(=O)NC(CO)C(O)/C=C/CC/C=C/CCCCCCCC. The smallest absolute Gasteiger partial charge is 0.220 e. The molecule has 0 aliphatic rings. The number of carbonyl (C=O) groups is 1. The number of hydrogen-bond acceptors (Lipinski definition) is 3. The van der Waals surface area contributed by atoms with E-state index in [1.807, 2.05) is 6.08 Å². The van der Waals surface area contributed by atoms with Gasteiger partial charge >= 0.3 is 0 Å². The standard InChI is InChI=1S/C43H75NO3/c1-3-5-7-9-11-13-15-17-18-19-20-21-22-23-24-25-26-27-29-31-33-35-37-39-43(47)44-41(40-45)42(46)38-36-34-32-30-28-16-14-12-10-8-6-4-2/h5,7,11,13,17-18,20-21,28,30,36,38,41-42,45-46H,3-4,6,8-10,12,14-16,19,22-27,29,31-35,37,39-40H2,1-2H3,(H,44,47)/b7-5-,13-11-,18-17-,21-20-,30-28+,38-36+. The number of unbranched alkanes of at least 4 members (excludes halogenated alkanes) is 17. The molecule has 270 valence electrons. The van der Waals surface area contributed by atoms with Crippen molar-refractivity contribution in [1.82, 2.24) is 5.32 Å². The van der Waals surface area contributed by atoms with Gasteiger partial charge in [0.2, 0.25) is 5.91 Å². The minimum atomic E-state index is -0.865. The average molecular weight is 654 g/mol. The van der Waals surface area contributed by atoms with Crippen LogP contribution in [0.3, 0.4) is 0 Å². The van der Waals surface area contributed by atoms with Crippen LogP contribution in [0.1, 0.15) is 174 Å². The van der Waals surface area contributed by atoms with Crippen molar-refractivity contribution in [2.24, 2.45) is 0 Å². The van der Waals surface area contributed by atoms with Gasteiger partial charge in [-0.2, -0.15) is 0 Å². The van der Waals surface area contributed by atoms with Gasteiger partial charge in [-0.3, -0.25) is 4.79 Å². The number of amides is 1. The van der Waals surface area contributed by atoms with Crippen LogP contribution in [0.5, 0.6) is 0 Å². The highest BCUT2D eigenvalue weighted by Crippen LogP contribution is 2.13. The van der Waals surface area contributed by atoms with E-state index in [1.165, 1.54) is 96.3 Å². The van der Waals surface area contributed by atoms with Crippen molar-refractivity contribution < 1.29 is 15.0 Å². The van der Waals surface area contributed by atoms with Crippen LogP contribution in [0.4, 0.5) is 0 Å². The average Bonchev–Trinajstić information content (AvgIpc) is 3.07. The number of aliphatic hydroxyl groups is 2. The minimum absolute atomic E-state index is 0.0839. The van der Waals surface area contributed by atoms with Crippen molar-refractivity contribution in [3.05, 3.63) is 72.9 Å². The highest BCUT2D eigenvalue weighted by molar-refractivity contribution is 5.76. The number of hydrogen-bond donors (Lipinski definition) is 3. The molecule has 0 bridgehead atoms. The van der Waals surface area contributed by atoms with E-state index in [4.69, 9.17) is 0 Å². The predicted octanol–water partition coefficient (Wildman–Crippen LogP) is 12.0. The molecule has 4 heteroatoms. The fourth-order valence-electron chi connectivity index (χ4n) is 5.42. The first-order valence-corrected chi connectivity index (χ1v) is 19.7. The molecule has 0 aromatic carbocycles. The third kappa shape index (κ3) is 35.0. The van der Waals surface area contributed by atoms with Gasteiger partial charge in [-0.05, 0) is 70.6 Å². The van der Waals surface area contributed by atoms with Crippen molar-refractivity contribution in [1.29, 1.82) is 0 Å². The molecule has 0 radical (unpaired) electrons. The lowest BCUT2D eigenvalue weighted by atomic mass is 10.0. The quantitative estimate of drug-likeness (QED) is 0.0478. The zero-order chi connectivity index (χ0) is 34.3. The van der Waals surface area contributed by atoms with Gasteiger partial charge in [-0.15, -0.1) is 0 Å². The summed E-state index contributed by atoms with van der Waals surface area (Å²) in [6, 6.07) is -0.643. The molecule has 0 rings (SSSR count). The Morgan fingerprint density at radius 1 is 0.532 bits per heavy atom. The molecule has 0 aromatic heterocycles. The Hall–Kier alpha value is -2.17. The second kappa shape index (κ2) is 38.3. The number of allylic oxidation sites excluding steroid dienone is 11. The summed E-state index contributed by atoms with van der Waals surface area (Å²) in [7, 11) is 0. The molecule has 0 heterocycles. The number of nitrogens with one attached hydrogen (secondary N) is 1. The van der Waals surface area contributed by atoms with Gasteiger partial charge < -0.3 is 15.5 Å². The second-order valence-corrected chi connectivity index (χ2v) is 13.0. The van der Waals surface area contributed by atoms with Crippen LogP contribution in [0, 0.1) is 0 Å². The highest BCUT2D eigenvalue weighted by atomic mass is 16.3. The third-order valence-corrected chi connectivity index (χ3v) is 8.42. The van der Waals surface area contributed by atoms with E-state index in [1.54, 1.807) is 6.08 Å². The lowest BCUT2D eigenvalue weighted by Gasteiger charge is -2.19. The molecule has 47 heavy (non-hydrogen) atoms. The van der Waals surface area contributed by atoms with Gasteiger partial charge in [0.15, 0.2) is 0 Å². The maximum absolute atomic E-state index is 12.3. The molecule has 4 nitrogen and oxygen atoms in total. The normalized spacial score (nSPS) is 13.9. The minimum Gasteiger partial charge on any atom is -0.394 e. The van der Waals surface area contributed by atoms with Crippen LogP contribution in [-0.2, 0) is 4.79 Å². The van der Waals surface area contributed by atoms with E-state index in [-0.39, 0.29) is 12.5 Å². The lowest BCUT2D eigenvalue weighted by molar-refractivity contribution is -0.123. The Bertz CT molecular complexity index is 838. The van der Waals surface area contributed by atoms with E-state index in [0.29, 0.717) is 6.42 Å². The lowest BCUT2D eigenvalue weighted by Crippen LogP contribution is -2.45. The van der Waals surface area contributed by atoms with E-state index >= 15 is 0 Å². The fraction of sp³-hybridized carbons (Fsp3) is 0.698. The Morgan fingerprint density at radius 3 is 1.49 bits per heavy atom. The molecule has 0 aliphatic heterocycles. The molecule has 0 aromatic rings. The van der Waals surface area contributed by atoms with Gasteiger partial charge in [-0.25, -0.2) is 0 Å². The van der Waals surface area contributed by atoms with Crippen molar-refractivity contribution >= 4 is 5.91 Å². The number of carbonyl (C=O) groups excluding carboxylic acids is 1. The summed E-state index contributed by atoms with van der Waals surface area (Å²) in [6.07, 6.45) is 54.2. The van der Waals surface area contributed by atoms with Crippen molar-refractivity contribution in [3.8, 4) is 0 Å². The van der Waals surface area contributed by atoms with Crippen LogP contribution in [0.2, 0.25) is 0 Å². The van der Waals surface area contributed by atoms with Crippen LogP contribution in [0.25, 0.3) is 0 Å². The first-order chi connectivity index (χ1) is 23.2. The molecule has 2 atom stereocenters. The van der Waals surface area contributed by atoms with Gasteiger partial charge in [0.25, 0.3) is 0 Å². The zero-order valence-corrected chi connectivity index (χ0v) is 30.8. The van der Waals surface area contributed by atoms with Crippen LogP contribution in [-0.4, -0.2) is 34.9 Å². The molecule has 0 saturated carbocycles. The number of aliphatic hydroxyl groups excluding tert-OH is 2. The monoisotopic (exact) mass is 654 g/mol. The van der Waals surface area contributed by atoms with E-state index in [0.717, 1.165) is 57.8 Å². The molecular weight excluding hydrogens is 578 g/mol. The Labute approximate surface area is 291 Å². The molecular formula is C43H75NO3. The molecule has 0 saturated heterocycles. The van der Waals surface area contributed by atoms with Gasteiger partial charge in [0.1, 0.15) is 0 Å². The summed E-state index contributed by atoms with van der Waals surface area (Å²) in [4.78, 5) is 12.3. The maximum Gasteiger partial charge on any atom is 0.220 e. The summed E-state index contributed by atoms with van der Waals surface area (Å²) < 4.78 is 0. The predicted molar refractivity (Wildman–Crippen MR) is 207 cm³/mol. The van der Waals surface area contributed by atoms with E-state index < -0.39 is 12.1 Å². The van der Waals surface area contributed by atoms with Crippen LogP contribution in [0.15, 0.2) is 72.9 Å². The maximum atomic E-state index is 12.3. The summed E-state index contributed by atoms with van der Waals surface area (Å²) in [5, 5.41) is 22.9. The van der Waals surface area contributed by atoms with Crippen LogP contribution < -0.4 is 5.32 Å². The Morgan fingerprint density at radius 2 is 0.957 bits per heavy atom. The van der Waals surface area contributed by atoms with Crippen molar-refractivity contribution in [2.75, 3.05) is 6.61 Å². The highest BCUT2D eigenvalue weighted by Gasteiger charge is 2.17. The second-order valence-electron chi connectivity index (χ2n) is 13.0. The molecule has 2 unspecified atom stereocenters. The van der Waals surface area contributed by atoms with Crippen molar-refractivity contribution in [2.45, 2.75) is 187 Å². The first-order valence-electron chi connectivity index (χ1n) is 19.7. The third-order valence-electron chi connectivity index (χ3n) is 8.42. The zero-order valence-electron chi connectivity index (χ0n) is 30.8. The molecule has 0 spiro atoms. The molecule has 0 fully saturated rings.